The van der Waals surface area contributed by atoms with E-state index in [0.717, 1.165) is 49.6 Å². The van der Waals surface area contributed by atoms with Crippen LogP contribution in [0.1, 0.15) is 63.0 Å². The van der Waals surface area contributed by atoms with Crippen LogP contribution in [-0.2, 0) is 13.0 Å². The van der Waals surface area contributed by atoms with E-state index in [1.54, 1.807) is 0 Å². The first kappa shape index (κ1) is 15.6. The first-order valence-corrected chi connectivity index (χ1v) is 8.06. The number of anilines is 1. The van der Waals surface area contributed by atoms with Crippen molar-refractivity contribution in [3.8, 4) is 0 Å². The molecule has 0 fully saturated rings. The first-order valence-electron chi connectivity index (χ1n) is 8.06. The van der Waals surface area contributed by atoms with Gasteiger partial charge in [-0.15, -0.1) is 0 Å². The molecule has 1 aromatic heterocycles. The lowest BCUT2D eigenvalue weighted by Crippen LogP contribution is -2.09. The largest absolute Gasteiger partial charge is 0.384 e. The van der Waals surface area contributed by atoms with Crippen molar-refractivity contribution in [1.29, 1.82) is 0 Å². The van der Waals surface area contributed by atoms with Gasteiger partial charge in [0, 0.05) is 12.3 Å². The average molecular weight is 285 g/mol. The zero-order valence-corrected chi connectivity index (χ0v) is 13.5. The summed E-state index contributed by atoms with van der Waals surface area (Å²) in [6.07, 6.45) is 4.37. The molecule has 0 aliphatic rings. The third-order valence-electron chi connectivity index (χ3n) is 3.96. The summed E-state index contributed by atoms with van der Waals surface area (Å²) in [5.74, 6) is 2.41. The topological polar surface area (TPSA) is 43.8 Å². The van der Waals surface area contributed by atoms with Gasteiger partial charge in [-0.05, 0) is 18.4 Å². The number of aromatic nitrogens is 2. The molecule has 1 atom stereocenters. The van der Waals surface area contributed by atoms with E-state index in [0.29, 0.717) is 5.92 Å². The Kier molecular flexibility index (Phi) is 5.43. The van der Waals surface area contributed by atoms with Crippen LogP contribution < -0.4 is 5.73 Å². The number of aryl methyl sites for hydroxylation is 1. The summed E-state index contributed by atoms with van der Waals surface area (Å²) < 4.78 is 2.19. The number of hydrogen-bond donors (Lipinski definition) is 1. The van der Waals surface area contributed by atoms with Gasteiger partial charge in [0.25, 0.3) is 0 Å². The Labute approximate surface area is 128 Å². The van der Waals surface area contributed by atoms with Gasteiger partial charge in [0.2, 0.25) is 0 Å². The van der Waals surface area contributed by atoms with Crippen LogP contribution in [0.2, 0.25) is 0 Å². The molecule has 2 N–H and O–H groups in total. The summed E-state index contributed by atoms with van der Waals surface area (Å²) in [6.45, 7) is 7.44. The predicted octanol–water partition coefficient (Wildman–Crippen LogP) is 4.37. The van der Waals surface area contributed by atoms with Gasteiger partial charge in [0.1, 0.15) is 11.6 Å². The molecule has 1 aromatic carbocycles. The standard InChI is InChI=1S/C18H27N3/c1-4-9-14(3)17-18(19)21(16(20-17)10-5-2)13-15-11-7-6-8-12-15/h6-8,11-12,14H,4-5,9-10,13,19H2,1-3H3. The highest BCUT2D eigenvalue weighted by Crippen LogP contribution is 2.27. The van der Waals surface area contributed by atoms with Gasteiger partial charge in [-0.1, -0.05) is 57.5 Å². The van der Waals surface area contributed by atoms with Gasteiger partial charge in [0.05, 0.1) is 12.2 Å². The molecule has 0 saturated heterocycles. The summed E-state index contributed by atoms with van der Waals surface area (Å²) in [6, 6.07) is 10.5. The SMILES string of the molecule is CCCc1nc(C(C)CCC)c(N)n1Cc1ccccc1. The van der Waals surface area contributed by atoms with Gasteiger partial charge >= 0.3 is 0 Å². The second-order valence-corrected chi connectivity index (χ2v) is 5.81. The summed E-state index contributed by atoms with van der Waals surface area (Å²) in [5.41, 5.74) is 8.77. The highest BCUT2D eigenvalue weighted by Gasteiger charge is 2.18. The fraction of sp³-hybridized carbons (Fsp3) is 0.500. The Morgan fingerprint density at radius 1 is 1.14 bits per heavy atom. The van der Waals surface area contributed by atoms with E-state index < -0.39 is 0 Å². The number of hydrogen-bond acceptors (Lipinski definition) is 2. The van der Waals surface area contributed by atoms with E-state index in [1.165, 1.54) is 5.56 Å². The van der Waals surface area contributed by atoms with Crippen LogP contribution in [0.15, 0.2) is 30.3 Å². The molecule has 0 bridgehead atoms. The van der Waals surface area contributed by atoms with Gasteiger partial charge in [-0.2, -0.15) is 0 Å². The molecule has 0 amide bonds. The molecular weight excluding hydrogens is 258 g/mol. The number of nitrogens with two attached hydrogens (primary N) is 1. The molecule has 0 saturated carbocycles. The minimum atomic E-state index is 0.433. The number of imidazole rings is 1. The second-order valence-electron chi connectivity index (χ2n) is 5.81. The molecule has 0 aliphatic heterocycles. The minimum Gasteiger partial charge on any atom is -0.384 e. The Morgan fingerprint density at radius 3 is 2.48 bits per heavy atom. The molecule has 114 valence electrons. The average Bonchev–Trinajstić information content (AvgIpc) is 2.78. The Hall–Kier alpha value is -1.77. The fourth-order valence-corrected chi connectivity index (χ4v) is 2.82. The molecular formula is C18H27N3. The normalized spacial score (nSPS) is 12.5. The molecule has 0 aliphatic carbocycles. The summed E-state index contributed by atoms with van der Waals surface area (Å²) in [5, 5.41) is 0. The van der Waals surface area contributed by atoms with Crippen LogP contribution in [0, 0.1) is 0 Å². The molecule has 1 heterocycles. The van der Waals surface area contributed by atoms with Crippen LogP contribution in [0.3, 0.4) is 0 Å². The van der Waals surface area contributed by atoms with Crippen molar-refractivity contribution in [2.75, 3.05) is 5.73 Å². The van der Waals surface area contributed by atoms with E-state index in [9.17, 15) is 0 Å². The highest BCUT2D eigenvalue weighted by atomic mass is 15.1. The number of rotatable bonds is 7. The maximum atomic E-state index is 6.41. The Bertz CT molecular complexity index is 557. The first-order chi connectivity index (χ1) is 10.2. The molecule has 2 rings (SSSR count). The lowest BCUT2D eigenvalue weighted by molar-refractivity contribution is 0.650. The van der Waals surface area contributed by atoms with Crippen molar-refractivity contribution in [1.82, 2.24) is 9.55 Å². The van der Waals surface area contributed by atoms with E-state index in [2.05, 4.69) is 49.6 Å². The fourth-order valence-electron chi connectivity index (χ4n) is 2.82. The Morgan fingerprint density at radius 2 is 1.86 bits per heavy atom. The molecule has 21 heavy (non-hydrogen) atoms. The monoisotopic (exact) mass is 285 g/mol. The van der Waals surface area contributed by atoms with E-state index >= 15 is 0 Å². The third-order valence-corrected chi connectivity index (χ3v) is 3.96. The molecule has 3 nitrogen and oxygen atoms in total. The van der Waals surface area contributed by atoms with Gasteiger partial charge in [-0.3, -0.25) is 0 Å². The van der Waals surface area contributed by atoms with Gasteiger partial charge in [-0.25, -0.2) is 4.98 Å². The summed E-state index contributed by atoms with van der Waals surface area (Å²) in [4.78, 5) is 4.85. The Balaban J connectivity index is 2.33. The van der Waals surface area contributed by atoms with Crippen LogP contribution in [-0.4, -0.2) is 9.55 Å². The van der Waals surface area contributed by atoms with Gasteiger partial charge in [0.15, 0.2) is 0 Å². The highest BCUT2D eigenvalue weighted by molar-refractivity contribution is 5.41. The third kappa shape index (κ3) is 3.66. The van der Waals surface area contributed by atoms with Crippen molar-refractivity contribution >= 4 is 5.82 Å². The summed E-state index contributed by atoms with van der Waals surface area (Å²) >= 11 is 0. The van der Waals surface area contributed by atoms with Crippen molar-refractivity contribution in [2.45, 2.75) is 58.9 Å². The smallest absolute Gasteiger partial charge is 0.127 e. The minimum absolute atomic E-state index is 0.433. The van der Waals surface area contributed by atoms with E-state index in [1.807, 2.05) is 6.07 Å². The quantitative estimate of drug-likeness (QED) is 0.821. The van der Waals surface area contributed by atoms with Crippen LogP contribution in [0.4, 0.5) is 5.82 Å². The van der Waals surface area contributed by atoms with Crippen LogP contribution in [0.5, 0.6) is 0 Å². The lowest BCUT2D eigenvalue weighted by Gasteiger charge is -2.11. The van der Waals surface area contributed by atoms with Crippen molar-refractivity contribution in [3.05, 3.63) is 47.4 Å². The maximum absolute atomic E-state index is 6.41. The van der Waals surface area contributed by atoms with E-state index in [-0.39, 0.29) is 0 Å². The van der Waals surface area contributed by atoms with E-state index in [4.69, 9.17) is 10.7 Å². The lowest BCUT2D eigenvalue weighted by atomic mass is 10.0. The second kappa shape index (κ2) is 7.30. The molecule has 3 heteroatoms. The molecule has 0 radical (unpaired) electrons. The number of nitrogen functional groups attached to an aromatic ring is 1. The van der Waals surface area contributed by atoms with Crippen molar-refractivity contribution in [2.24, 2.45) is 0 Å². The van der Waals surface area contributed by atoms with Crippen LogP contribution >= 0.6 is 0 Å². The number of benzene rings is 1. The molecule has 1 unspecified atom stereocenters. The molecule has 0 spiro atoms. The van der Waals surface area contributed by atoms with Gasteiger partial charge < -0.3 is 10.3 Å². The van der Waals surface area contributed by atoms with Crippen molar-refractivity contribution < 1.29 is 0 Å². The zero-order chi connectivity index (χ0) is 15.2. The van der Waals surface area contributed by atoms with Crippen molar-refractivity contribution in [3.63, 3.8) is 0 Å². The van der Waals surface area contributed by atoms with Crippen LogP contribution in [0.25, 0.3) is 0 Å². The maximum Gasteiger partial charge on any atom is 0.127 e. The summed E-state index contributed by atoms with van der Waals surface area (Å²) in [7, 11) is 0. The zero-order valence-electron chi connectivity index (χ0n) is 13.5. The number of nitrogens with zero attached hydrogens (tertiary/aromatic N) is 2. The molecule has 2 aromatic rings. The predicted molar refractivity (Wildman–Crippen MR) is 89.5 cm³/mol.